The largest absolute Gasteiger partial charge is 0.478 e. The smallest absolute Gasteiger partial charge is 0.335 e. The quantitative estimate of drug-likeness (QED) is 0.644. The van der Waals surface area contributed by atoms with Gasteiger partial charge in [0.2, 0.25) is 0 Å². The summed E-state index contributed by atoms with van der Waals surface area (Å²) in [5, 5.41) is 9.20. The van der Waals surface area contributed by atoms with Gasteiger partial charge in [-0.2, -0.15) is 0 Å². The average molecular weight is 311 g/mol. The van der Waals surface area contributed by atoms with E-state index in [1.807, 2.05) is 13.8 Å². The molecule has 1 N–H and O–H groups in total. The van der Waals surface area contributed by atoms with Gasteiger partial charge in [0.25, 0.3) is 4.59 Å². The second-order valence-electron chi connectivity index (χ2n) is 4.08. The number of benzene rings is 1. The van der Waals surface area contributed by atoms with E-state index < -0.39 is 10.6 Å². The lowest BCUT2D eigenvalue weighted by atomic mass is 10.1. The van der Waals surface area contributed by atoms with Crippen LogP contribution in [0.3, 0.4) is 0 Å². The van der Waals surface area contributed by atoms with Crippen LogP contribution in [0, 0.1) is 6.92 Å². The summed E-state index contributed by atoms with van der Waals surface area (Å²) in [5.41, 5.74) is 0.688. The Bertz CT molecular complexity index is 470. The number of hydrogen-bond acceptors (Lipinski definition) is 2. The molecule has 0 heterocycles. The summed E-state index contributed by atoms with van der Waals surface area (Å²) >= 11 is 12.3. The van der Waals surface area contributed by atoms with Crippen LogP contribution in [0.1, 0.15) is 35.3 Å². The first-order valence-corrected chi connectivity index (χ1v) is 6.89. The molecule has 6 heteroatoms. The molecule has 0 aliphatic rings. The molecule has 1 aromatic rings. The van der Waals surface area contributed by atoms with Crippen LogP contribution in [0.5, 0.6) is 0 Å². The Kier molecular flexibility index (Phi) is 4.92. The number of rotatable bonds is 4. The maximum atomic E-state index is 13.7. The fourth-order valence-electron chi connectivity index (χ4n) is 1.53. The van der Waals surface area contributed by atoms with E-state index in [0.717, 1.165) is 0 Å². The van der Waals surface area contributed by atoms with Gasteiger partial charge in [-0.1, -0.05) is 43.1 Å². The fourth-order valence-corrected chi connectivity index (χ4v) is 3.05. The van der Waals surface area contributed by atoms with Crippen molar-refractivity contribution < 1.29 is 14.3 Å². The van der Waals surface area contributed by atoms with Crippen LogP contribution < -0.4 is 0 Å². The van der Waals surface area contributed by atoms with Crippen LogP contribution >= 0.6 is 35.0 Å². The summed E-state index contributed by atoms with van der Waals surface area (Å²) in [4.78, 5) is 11.5. The molecule has 0 unspecified atom stereocenters. The molecular formula is C12H13Cl2FO2S. The summed E-state index contributed by atoms with van der Waals surface area (Å²) in [6.45, 7) is 5.46. The van der Waals surface area contributed by atoms with Gasteiger partial charge in [0.05, 0.1) is 5.56 Å². The predicted molar refractivity (Wildman–Crippen MR) is 73.6 cm³/mol. The Balaban J connectivity index is 3.46. The van der Waals surface area contributed by atoms with Crippen molar-refractivity contribution in [1.29, 1.82) is 0 Å². The molecule has 0 fully saturated rings. The van der Waals surface area contributed by atoms with E-state index in [1.54, 1.807) is 6.92 Å². The summed E-state index contributed by atoms with van der Waals surface area (Å²) in [6.07, 6.45) is 0. The maximum absolute atomic E-state index is 13.7. The Hall–Kier alpha value is -0.450. The number of carboxylic acids is 1. The van der Waals surface area contributed by atoms with Crippen molar-refractivity contribution in [2.75, 3.05) is 0 Å². The second kappa shape index (κ2) is 5.68. The topological polar surface area (TPSA) is 37.3 Å². The van der Waals surface area contributed by atoms with Gasteiger partial charge in [0.15, 0.2) is 0 Å². The van der Waals surface area contributed by atoms with Crippen LogP contribution in [0.4, 0.5) is 4.39 Å². The highest BCUT2D eigenvalue weighted by molar-refractivity contribution is 8.00. The zero-order valence-electron chi connectivity index (χ0n) is 10.1. The normalized spacial score (nSPS) is 11.9. The molecule has 1 aromatic carbocycles. The number of thioether (sulfide) groups is 1. The zero-order valence-corrected chi connectivity index (χ0v) is 12.5. The van der Waals surface area contributed by atoms with Crippen molar-refractivity contribution in [1.82, 2.24) is 0 Å². The molecule has 0 saturated heterocycles. The van der Waals surface area contributed by atoms with Crippen molar-refractivity contribution in [2.24, 2.45) is 0 Å². The number of hydrogen-bond donors (Lipinski definition) is 1. The summed E-state index contributed by atoms with van der Waals surface area (Å²) in [6, 6.07) is 2.64. The van der Waals surface area contributed by atoms with Gasteiger partial charge in [-0.25, -0.2) is 9.18 Å². The van der Waals surface area contributed by atoms with Crippen molar-refractivity contribution in [2.45, 2.75) is 35.5 Å². The van der Waals surface area contributed by atoms with E-state index >= 15 is 0 Å². The lowest BCUT2D eigenvalue weighted by molar-refractivity contribution is 0.0695. The lowest BCUT2D eigenvalue weighted by Gasteiger charge is -2.19. The van der Waals surface area contributed by atoms with E-state index in [-0.39, 0.29) is 16.4 Å². The monoisotopic (exact) mass is 310 g/mol. The SMILES string of the molecule is Cc1c(C(=O)O)ccc(C(F)(Cl)Cl)c1SC(C)C. The van der Waals surface area contributed by atoms with Crippen molar-refractivity contribution in [3.05, 3.63) is 28.8 Å². The Labute approximate surface area is 119 Å². The number of carboxylic acid groups (broad SMARTS) is 1. The summed E-state index contributed by atoms with van der Waals surface area (Å²) in [5.74, 6) is -1.06. The van der Waals surface area contributed by atoms with E-state index in [9.17, 15) is 9.18 Å². The van der Waals surface area contributed by atoms with Gasteiger partial charge in [-0.05, 0) is 18.6 Å². The highest BCUT2D eigenvalue weighted by Gasteiger charge is 2.31. The molecule has 0 aliphatic heterocycles. The number of halogens is 3. The first-order chi connectivity index (χ1) is 8.14. The number of alkyl halides is 3. The molecule has 0 aromatic heterocycles. The van der Waals surface area contributed by atoms with E-state index in [1.165, 1.54) is 23.9 Å². The molecule has 1 rings (SSSR count). The molecule has 0 radical (unpaired) electrons. The second-order valence-corrected chi connectivity index (χ2v) is 6.91. The molecule has 100 valence electrons. The molecule has 0 saturated carbocycles. The first kappa shape index (κ1) is 15.6. The van der Waals surface area contributed by atoms with Gasteiger partial charge < -0.3 is 5.11 Å². The fraction of sp³-hybridized carbons (Fsp3) is 0.417. The van der Waals surface area contributed by atoms with Gasteiger partial charge >= 0.3 is 5.97 Å². The highest BCUT2D eigenvalue weighted by Crippen LogP contribution is 2.43. The van der Waals surface area contributed by atoms with Crippen LogP contribution in [0.15, 0.2) is 17.0 Å². The van der Waals surface area contributed by atoms with Gasteiger partial charge in [-0.3, -0.25) is 0 Å². The third kappa shape index (κ3) is 3.53. The van der Waals surface area contributed by atoms with E-state index in [4.69, 9.17) is 28.3 Å². The van der Waals surface area contributed by atoms with Gasteiger partial charge in [-0.15, -0.1) is 11.8 Å². The molecule has 0 amide bonds. The summed E-state index contributed by atoms with van der Waals surface area (Å²) < 4.78 is 11.2. The Morgan fingerprint density at radius 1 is 1.44 bits per heavy atom. The minimum absolute atomic E-state index is 0.0898. The average Bonchev–Trinajstić information content (AvgIpc) is 2.17. The van der Waals surface area contributed by atoms with Crippen LogP contribution in [0.25, 0.3) is 0 Å². The molecule has 18 heavy (non-hydrogen) atoms. The zero-order chi connectivity index (χ0) is 14.1. The highest BCUT2D eigenvalue weighted by atomic mass is 35.5. The van der Waals surface area contributed by atoms with Gasteiger partial charge in [0, 0.05) is 15.7 Å². The molecule has 2 nitrogen and oxygen atoms in total. The Morgan fingerprint density at radius 3 is 2.39 bits per heavy atom. The molecule has 0 aliphatic carbocycles. The van der Waals surface area contributed by atoms with Crippen molar-refractivity contribution in [3.8, 4) is 0 Å². The third-order valence-corrected chi connectivity index (χ3v) is 3.94. The maximum Gasteiger partial charge on any atom is 0.335 e. The minimum Gasteiger partial charge on any atom is -0.478 e. The predicted octanol–water partition coefficient (Wildman–Crippen LogP) is 4.75. The van der Waals surface area contributed by atoms with E-state index in [0.29, 0.717) is 10.5 Å². The van der Waals surface area contributed by atoms with Crippen molar-refractivity contribution in [3.63, 3.8) is 0 Å². The first-order valence-electron chi connectivity index (χ1n) is 5.25. The molecular weight excluding hydrogens is 298 g/mol. The van der Waals surface area contributed by atoms with Crippen LogP contribution in [-0.2, 0) is 4.59 Å². The minimum atomic E-state index is -2.53. The van der Waals surface area contributed by atoms with E-state index in [2.05, 4.69) is 0 Å². The number of aromatic carboxylic acids is 1. The standard InChI is InChI=1S/C12H13Cl2FO2S/c1-6(2)18-10-7(3)8(11(16)17)4-5-9(10)12(13,14)15/h4-6H,1-3H3,(H,16,17). The van der Waals surface area contributed by atoms with Crippen LogP contribution in [0.2, 0.25) is 0 Å². The van der Waals surface area contributed by atoms with Crippen molar-refractivity contribution >= 4 is 40.9 Å². The number of carbonyl (C=O) groups is 1. The lowest BCUT2D eigenvalue weighted by Crippen LogP contribution is -2.10. The Morgan fingerprint density at radius 2 is 2.00 bits per heavy atom. The van der Waals surface area contributed by atoms with Gasteiger partial charge in [0.1, 0.15) is 0 Å². The van der Waals surface area contributed by atoms with Crippen LogP contribution in [-0.4, -0.2) is 16.3 Å². The molecule has 0 bridgehead atoms. The summed E-state index contributed by atoms with van der Waals surface area (Å²) in [7, 11) is 0. The molecule has 0 spiro atoms. The third-order valence-electron chi connectivity index (χ3n) is 2.30. The molecule has 0 atom stereocenters.